The second-order valence-electron chi connectivity index (χ2n) is 18.5. The molecule has 1 spiro atoms. The van der Waals surface area contributed by atoms with E-state index in [-0.39, 0.29) is 78.5 Å². The molecule has 312 valence electrons. The third kappa shape index (κ3) is 5.75. The maximum atomic E-state index is 15.3. The Balaban J connectivity index is 1.32. The largest absolute Gasteiger partial charge is 0.504 e. The zero-order chi connectivity index (χ0) is 41.3. The Bertz CT molecular complexity index is 2220. The van der Waals surface area contributed by atoms with Crippen molar-refractivity contribution in [1.29, 1.82) is 0 Å². The minimum atomic E-state index is -1.56. The quantitative estimate of drug-likeness (QED) is 0.0763. The summed E-state index contributed by atoms with van der Waals surface area (Å²) >= 11 is 0. The number of aliphatic hydroxyl groups is 3. The van der Waals surface area contributed by atoms with Crippen LogP contribution in [0.2, 0.25) is 0 Å². The van der Waals surface area contributed by atoms with Gasteiger partial charge in [-0.25, -0.2) is 0 Å². The van der Waals surface area contributed by atoms with Crippen molar-refractivity contribution in [1.82, 2.24) is 10.6 Å². The molecule has 3 fully saturated rings. The van der Waals surface area contributed by atoms with Crippen LogP contribution in [0.5, 0.6) is 23.0 Å². The van der Waals surface area contributed by atoms with Crippen LogP contribution in [0.3, 0.4) is 0 Å². The molecular weight excluding hydrogens is 745 g/mol. The summed E-state index contributed by atoms with van der Waals surface area (Å²) in [5.74, 6) is 4.82. The van der Waals surface area contributed by atoms with Crippen molar-refractivity contribution in [2.75, 3.05) is 33.9 Å². The Morgan fingerprint density at radius 1 is 0.983 bits per heavy atom. The topological polar surface area (TPSA) is 172 Å². The maximum Gasteiger partial charge on any atom is 0.160 e. The number of carbonyl (C=O) groups excluding carboxylic acids is 1. The molecule has 11 atom stereocenters. The molecule has 0 radical (unpaired) electrons. The number of methoxy groups -OCH3 is 1. The number of ketones is 1. The lowest BCUT2D eigenvalue weighted by molar-refractivity contribution is -0.259. The molecule has 0 aromatic heterocycles. The summed E-state index contributed by atoms with van der Waals surface area (Å²) in [5, 5.41) is 76.0. The highest BCUT2D eigenvalue weighted by atomic mass is 16.5. The van der Waals surface area contributed by atoms with Crippen LogP contribution >= 0.6 is 0 Å². The molecule has 1 saturated heterocycles. The number of aliphatic hydroxyl groups excluding tert-OH is 2. The average molecular weight is 803 g/mol. The molecule has 3 aromatic carbocycles. The number of benzene rings is 3. The van der Waals surface area contributed by atoms with Gasteiger partial charge in [0.05, 0.1) is 19.3 Å². The van der Waals surface area contributed by atoms with Gasteiger partial charge in [-0.3, -0.25) is 4.79 Å². The van der Waals surface area contributed by atoms with E-state index in [0.29, 0.717) is 43.5 Å². The number of likely N-dealkylation sites (N-methyl/N-ethyl adjacent to an activating group) is 1. The van der Waals surface area contributed by atoms with E-state index in [1.54, 1.807) is 18.2 Å². The molecule has 1 heterocycles. The van der Waals surface area contributed by atoms with Gasteiger partial charge >= 0.3 is 0 Å². The van der Waals surface area contributed by atoms with Crippen LogP contribution in [0.15, 0.2) is 66.7 Å². The molecule has 0 unspecified atom stereocenters. The second-order valence-corrected chi connectivity index (χ2v) is 18.5. The molecule has 10 nitrogen and oxygen atoms in total. The molecular formula is C49H58N2O8. The molecule has 3 aromatic rings. The van der Waals surface area contributed by atoms with E-state index in [4.69, 9.17) is 4.74 Å². The normalized spacial score (nSPS) is 36.4. The first-order valence-corrected chi connectivity index (χ1v) is 21.6. The van der Waals surface area contributed by atoms with Crippen LogP contribution in [-0.4, -0.2) is 81.4 Å². The Kier molecular flexibility index (Phi) is 10.2. The van der Waals surface area contributed by atoms with E-state index in [9.17, 15) is 30.6 Å². The molecule has 6 aliphatic rings. The van der Waals surface area contributed by atoms with Crippen molar-refractivity contribution in [3.63, 3.8) is 0 Å². The first kappa shape index (κ1) is 40.1. The molecule has 9 rings (SSSR count). The highest BCUT2D eigenvalue weighted by Gasteiger charge is 2.82. The number of phenols is 3. The van der Waals surface area contributed by atoms with E-state index in [1.165, 1.54) is 13.2 Å². The van der Waals surface area contributed by atoms with Crippen LogP contribution in [0.25, 0.3) is 0 Å². The first-order chi connectivity index (χ1) is 28.5. The second kappa shape index (κ2) is 15.0. The number of rotatable bonds is 10. The van der Waals surface area contributed by atoms with Crippen molar-refractivity contribution in [2.45, 2.75) is 92.8 Å². The van der Waals surface area contributed by atoms with Gasteiger partial charge in [0.25, 0.3) is 0 Å². The van der Waals surface area contributed by atoms with E-state index < -0.39 is 39.7 Å². The molecule has 8 N–H and O–H groups in total. The Labute approximate surface area is 346 Å². The lowest BCUT2D eigenvalue weighted by Crippen LogP contribution is -2.88. The number of allylic oxidation sites excluding steroid dienone is 1. The maximum absolute atomic E-state index is 15.3. The molecule has 10 heteroatoms. The lowest BCUT2D eigenvalue weighted by atomic mass is 9.26. The van der Waals surface area contributed by atoms with Crippen LogP contribution < -0.4 is 15.4 Å². The van der Waals surface area contributed by atoms with Gasteiger partial charge in [0.15, 0.2) is 23.0 Å². The van der Waals surface area contributed by atoms with Gasteiger partial charge in [0.2, 0.25) is 0 Å². The molecule has 5 aliphatic carbocycles. The molecule has 2 saturated carbocycles. The number of carbonyl (C=O) groups is 1. The number of nitrogens with one attached hydrogen (secondary N) is 2. The summed E-state index contributed by atoms with van der Waals surface area (Å²) < 4.78 is 5.56. The lowest BCUT2D eigenvalue weighted by Gasteiger charge is -2.80. The fourth-order valence-electron chi connectivity index (χ4n) is 14.1. The zero-order valence-electron chi connectivity index (χ0n) is 34.1. The fraction of sp³-hybridized carbons (Fsp3) is 0.531. The number of Topliss-reactive ketones (excluding diaryl/α,β-unsaturated/α-hetero) is 1. The number of aromatic hydroxyl groups is 3. The molecule has 0 amide bonds. The summed E-state index contributed by atoms with van der Waals surface area (Å²) in [6, 6.07) is 16.8. The van der Waals surface area contributed by atoms with E-state index >= 15 is 4.79 Å². The zero-order valence-corrected chi connectivity index (χ0v) is 34.1. The van der Waals surface area contributed by atoms with Crippen molar-refractivity contribution in [3.05, 3.63) is 94.6 Å². The Morgan fingerprint density at radius 2 is 1.78 bits per heavy atom. The summed E-state index contributed by atoms with van der Waals surface area (Å²) in [7, 11) is 3.41. The van der Waals surface area contributed by atoms with Crippen molar-refractivity contribution in [2.24, 2.45) is 35.0 Å². The van der Waals surface area contributed by atoms with Gasteiger partial charge in [-0.05, 0) is 109 Å². The highest BCUT2D eigenvalue weighted by Crippen LogP contribution is 2.79. The van der Waals surface area contributed by atoms with Crippen LogP contribution in [0.4, 0.5) is 0 Å². The van der Waals surface area contributed by atoms with E-state index in [2.05, 4.69) is 46.8 Å². The van der Waals surface area contributed by atoms with Crippen molar-refractivity contribution < 1.29 is 40.2 Å². The minimum Gasteiger partial charge on any atom is -0.504 e. The standard InChI is InChI=1S/C49H58N2O8/c1-50-26-33-24-46-14-7-15-48-39(13-16-46)38(10-6-17-52)47(58)25-34(54)20-35(36-22-44(59-2)43(57)19-32(36)28-53)30(18-29-8-4-3-5-9-29)11-12-31(27-51-48)45(47)49(46,48)40-23-42(56)41(55)21-37(33)40/h3-5,8-9,13,16,19,21-23,30-31,33,35,38-39,45,50-53,55-58H,6-7,10,14-15,17-18,20,24-28H2,1-2H3/t30-,31-,33+,35-,38-,39+,45-,46-,47-,48-,49+/m1/s1. The number of piperidine rings is 1. The van der Waals surface area contributed by atoms with Crippen LogP contribution in [0, 0.1) is 46.8 Å². The fourth-order valence-corrected chi connectivity index (χ4v) is 14.1. The Hall–Kier alpha value is -4.37. The van der Waals surface area contributed by atoms with Gasteiger partial charge in [0, 0.05) is 78.5 Å². The third-order valence-corrected chi connectivity index (χ3v) is 15.9. The number of hydrogen-bond donors (Lipinski definition) is 8. The summed E-state index contributed by atoms with van der Waals surface area (Å²) in [4.78, 5) is 15.3. The number of hydrogen-bond acceptors (Lipinski definition) is 10. The number of ether oxygens (including phenoxy) is 1. The van der Waals surface area contributed by atoms with Crippen LogP contribution in [-0.2, 0) is 23.2 Å². The van der Waals surface area contributed by atoms with Gasteiger partial charge in [-0.2, -0.15) is 0 Å². The third-order valence-electron chi connectivity index (χ3n) is 15.9. The monoisotopic (exact) mass is 802 g/mol. The predicted octanol–water partition coefficient (Wildman–Crippen LogP) is 5.32. The summed E-state index contributed by atoms with van der Waals surface area (Å²) in [6.07, 6.45) is 9.62. The minimum absolute atomic E-state index is 0.0217. The van der Waals surface area contributed by atoms with Gasteiger partial charge < -0.3 is 46.0 Å². The number of fused-ring (bicyclic) bond motifs is 1. The number of phenolic OH excluding ortho intramolecular Hbond substituents is 3. The van der Waals surface area contributed by atoms with E-state index in [1.807, 2.05) is 25.2 Å². The smallest absolute Gasteiger partial charge is 0.160 e. The van der Waals surface area contributed by atoms with Crippen LogP contribution in [0.1, 0.15) is 91.0 Å². The highest BCUT2D eigenvalue weighted by molar-refractivity contribution is 5.81. The molecule has 5 bridgehead atoms. The summed E-state index contributed by atoms with van der Waals surface area (Å²) in [5.41, 5.74) is 0.753. The summed E-state index contributed by atoms with van der Waals surface area (Å²) in [6.45, 7) is 0.767. The predicted molar refractivity (Wildman–Crippen MR) is 223 cm³/mol. The molecule has 1 aliphatic heterocycles. The van der Waals surface area contributed by atoms with Gasteiger partial charge in [-0.15, -0.1) is 0 Å². The van der Waals surface area contributed by atoms with Crippen molar-refractivity contribution in [3.8, 4) is 34.8 Å². The van der Waals surface area contributed by atoms with E-state index in [0.717, 1.165) is 42.4 Å². The SMILES string of the molecule is CNC[C@@H]1C[C@]23C=C[C@H]4[C@@H](CCCO)[C@]5(O)CC(=O)C[C@@H](c6cc(OC)c(O)cc6CO)[C@@H](Cc6ccccc6)C#C[C@@H]6CN[C@@]4(CCC2)[C@@]3(c2cc(O)c(O)cc21)[C@H]65. The molecule has 59 heavy (non-hydrogen) atoms. The van der Waals surface area contributed by atoms with Gasteiger partial charge in [0.1, 0.15) is 5.78 Å². The first-order valence-electron chi connectivity index (χ1n) is 21.6. The van der Waals surface area contributed by atoms with Crippen molar-refractivity contribution >= 4 is 5.78 Å². The average Bonchev–Trinajstić information content (AvgIpc) is 3.22. The Morgan fingerprint density at radius 3 is 2.53 bits per heavy atom. The van der Waals surface area contributed by atoms with Gasteiger partial charge in [-0.1, -0.05) is 60.7 Å².